The third-order valence-corrected chi connectivity index (χ3v) is 12.6. The summed E-state index contributed by atoms with van der Waals surface area (Å²) >= 11 is 0. The highest BCUT2D eigenvalue weighted by atomic mass is 31.2. The van der Waals surface area contributed by atoms with Crippen LogP contribution >= 0.6 is 7.82 Å². The van der Waals surface area contributed by atoms with Crippen molar-refractivity contribution in [1.82, 2.24) is 15.0 Å². The second-order valence-corrected chi connectivity index (χ2v) is 19.4. The highest BCUT2D eigenvalue weighted by molar-refractivity contribution is 7.45. The minimum atomic E-state index is -4.64. The summed E-state index contributed by atoms with van der Waals surface area (Å²) < 4.78 is 8.88. The van der Waals surface area contributed by atoms with Gasteiger partial charge < -0.3 is 14.7 Å². The zero-order valence-corrected chi connectivity index (χ0v) is 42.0. The largest absolute Gasteiger partial charge is 0.466 e. The summed E-state index contributed by atoms with van der Waals surface area (Å²) in [6.45, 7) is 0. The Labute approximate surface area is 409 Å². The number of phosphoric acid groups is 1. The Bertz CT molecular complexity index is 1460. The zero-order chi connectivity index (χ0) is 48.3. The van der Waals surface area contributed by atoms with E-state index in [4.69, 9.17) is 19.2 Å². The lowest BCUT2D eigenvalue weighted by Gasteiger charge is -2.17. The number of rotatable bonds is 6. The fourth-order valence-electron chi connectivity index (χ4n) is 8.79. The number of nitrogens with zero attached hydrogens (tertiary/aromatic N) is 9. The molecule has 0 radical (unpaired) electrons. The summed E-state index contributed by atoms with van der Waals surface area (Å²) in [4.78, 5) is 59.7. The fourth-order valence-corrected chi connectivity index (χ4v) is 8.79. The normalized spacial score (nSPS) is 19.2. The highest BCUT2D eigenvalue weighted by Gasteiger charge is 2.15. The van der Waals surface area contributed by atoms with Crippen molar-refractivity contribution in [3.05, 3.63) is 91.8 Å². The van der Waals surface area contributed by atoms with Gasteiger partial charge in [-0.1, -0.05) is 134 Å². The number of pyridine rings is 3. The number of hydrogen-bond donors (Lipinski definition) is 3. The zero-order valence-electron chi connectivity index (χ0n) is 41.1. The molecule has 0 unspecified atom stereocenters. The van der Waals surface area contributed by atoms with Crippen molar-refractivity contribution < 1.29 is 19.2 Å². The Hall–Kier alpha value is -4.30. The second kappa shape index (κ2) is 40.6. The van der Waals surface area contributed by atoms with Gasteiger partial charge in [0.2, 0.25) is 0 Å². The lowest BCUT2D eigenvalue weighted by Crippen LogP contribution is -2.10. The predicted octanol–water partition coefficient (Wildman–Crippen LogP) is 13.8. The number of aromatic nitrogens is 3. The van der Waals surface area contributed by atoms with Gasteiger partial charge >= 0.3 is 7.82 Å². The first kappa shape index (κ1) is 58.0. The van der Waals surface area contributed by atoms with E-state index in [2.05, 4.69) is 62.9 Å². The van der Waals surface area contributed by atoms with Crippen molar-refractivity contribution in [2.24, 2.45) is 30.0 Å². The minimum absolute atomic E-state index is 0.533. The fraction of sp³-hybridized carbons (Fsp3) is 0.667. The molecular formula is C54H84N9O4P. The van der Waals surface area contributed by atoms with Gasteiger partial charge in [-0.3, -0.25) is 15.0 Å². The molecule has 6 aliphatic rings. The third kappa shape index (κ3) is 35.8. The molecule has 0 spiro atoms. The molecule has 0 aliphatic heterocycles. The average Bonchev–Trinajstić information content (AvgIpc) is 3.40. The summed E-state index contributed by atoms with van der Waals surface area (Å²) in [7, 11) is -4.64. The number of hydrogen-bond acceptors (Lipinski definition) is 10. The van der Waals surface area contributed by atoms with Gasteiger partial charge in [-0.25, -0.2) is 34.5 Å². The molecule has 3 N–H and O–H groups in total. The first-order chi connectivity index (χ1) is 33.3. The van der Waals surface area contributed by atoms with Crippen LogP contribution in [0.5, 0.6) is 0 Å². The van der Waals surface area contributed by atoms with Crippen molar-refractivity contribution in [2.45, 2.75) is 229 Å². The van der Waals surface area contributed by atoms with E-state index in [9.17, 15) is 0 Å². The van der Waals surface area contributed by atoms with Gasteiger partial charge in [0.25, 0.3) is 0 Å². The lowest BCUT2D eigenvalue weighted by atomic mass is 9.96. The Morgan fingerprint density at radius 2 is 0.441 bits per heavy atom. The maximum atomic E-state index is 8.88. The van der Waals surface area contributed by atoms with Crippen molar-refractivity contribution in [1.29, 1.82) is 0 Å². The van der Waals surface area contributed by atoms with E-state index in [1.807, 2.05) is 54.6 Å². The first-order valence-electron chi connectivity index (χ1n) is 26.1. The molecule has 6 saturated carbocycles. The molecule has 0 amide bonds. The van der Waals surface area contributed by atoms with E-state index >= 15 is 0 Å². The Morgan fingerprint density at radius 3 is 0.544 bits per heavy atom. The monoisotopic (exact) mass is 954 g/mol. The van der Waals surface area contributed by atoms with Crippen molar-refractivity contribution in [2.75, 3.05) is 0 Å². The van der Waals surface area contributed by atoms with Gasteiger partial charge in [0.15, 0.2) is 0 Å². The molecule has 3 aromatic rings. The summed E-state index contributed by atoms with van der Waals surface area (Å²) in [6, 6.07) is 29.3. The molecule has 0 saturated heterocycles. The lowest BCUT2D eigenvalue weighted by molar-refractivity contribution is 0.275. The molecule has 0 bridgehead atoms. The van der Waals surface area contributed by atoms with E-state index in [0.717, 1.165) is 0 Å². The molecule has 13 nitrogen and oxygen atoms in total. The first-order valence-corrected chi connectivity index (χ1v) is 27.7. The summed E-state index contributed by atoms with van der Waals surface area (Å²) in [6.07, 6.45) is 50.1. The molecule has 3 heterocycles. The van der Waals surface area contributed by atoms with Gasteiger partial charge in [0, 0.05) is 37.2 Å². The predicted molar refractivity (Wildman–Crippen MR) is 278 cm³/mol. The van der Waals surface area contributed by atoms with Crippen LogP contribution < -0.4 is 0 Å². The maximum absolute atomic E-state index is 8.88. The van der Waals surface area contributed by atoms with Crippen LogP contribution in [0, 0.1) is 0 Å². The Kier molecular flexibility index (Phi) is 34.6. The highest BCUT2D eigenvalue weighted by Crippen LogP contribution is 2.26. The van der Waals surface area contributed by atoms with Crippen LogP contribution in [0.4, 0.5) is 0 Å². The van der Waals surface area contributed by atoms with Crippen LogP contribution in [0.15, 0.2) is 122 Å². The molecular weight excluding hydrogens is 870 g/mol. The van der Waals surface area contributed by atoms with Crippen LogP contribution in [0.3, 0.4) is 0 Å². The Balaban J connectivity index is 0.000000220. The van der Waals surface area contributed by atoms with Gasteiger partial charge in [0.05, 0.1) is 54.3 Å². The standard InChI is InChI=1S/3C13H22N2.3C5H5N.H3O4P/c3*1-3-7-12(8-4-1)14-11-15-13-9-5-2-6-10-13;3*1-2-4-6-5-3-1;1-5(2,3)4/h3*12-13H,1-10H2;3*1-5H;(H3,1,2,3,4). The second-order valence-electron chi connectivity index (χ2n) is 18.4. The molecule has 0 atom stereocenters. The molecule has 14 heteroatoms. The molecule has 6 aliphatic carbocycles. The quantitative estimate of drug-likeness (QED) is 0.162. The smallest absolute Gasteiger partial charge is 0.303 e. The van der Waals surface area contributed by atoms with Gasteiger partial charge in [0.1, 0.15) is 0 Å². The molecule has 374 valence electrons. The van der Waals surface area contributed by atoms with Gasteiger partial charge in [-0.05, 0) is 113 Å². The van der Waals surface area contributed by atoms with E-state index < -0.39 is 7.82 Å². The molecule has 6 fully saturated rings. The van der Waals surface area contributed by atoms with Gasteiger partial charge in [-0.2, -0.15) is 0 Å². The van der Waals surface area contributed by atoms with E-state index in [1.165, 1.54) is 193 Å². The minimum Gasteiger partial charge on any atom is -0.303 e. The molecule has 0 aromatic carbocycles. The molecule has 9 rings (SSSR count). The van der Waals surface area contributed by atoms with Crippen molar-refractivity contribution in [3.63, 3.8) is 0 Å². The number of aliphatic imine (C=N–C) groups is 6. The average molecular weight is 954 g/mol. The van der Waals surface area contributed by atoms with Crippen LogP contribution in [0.1, 0.15) is 193 Å². The van der Waals surface area contributed by atoms with Crippen LogP contribution in [0.2, 0.25) is 0 Å². The SMILES string of the molecule is C(=NC1CCCCC1)=NC1CCCCC1.C(=NC1CCCCC1)=NC1CCCCC1.C(=NC1CCCCC1)=NC1CCCCC1.O=P(O)(O)O.c1ccncc1.c1ccncc1.c1ccncc1. The Morgan fingerprint density at radius 1 is 0.294 bits per heavy atom. The summed E-state index contributed by atoms with van der Waals surface area (Å²) in [5.41, 5.74) is 0. The van der Waals surface area contributed by atoms with Crippen LogP contribution in [0.25, 0.3) is 0 Å². The van der Waals surface area contributed by atoms with Crippen LogP contribution in [-0.2, 0) is 4.57 Å². The van der Waals surface area contributed by atoms with E-state index in [0.29, 0.717) is 36.3 Å². The molecule has 3 aromatic heterocycles. The van der Waals surface area contributed by atoms with Gasteiger partial charge in [-0.15, -0.1) is 0 Å². The third-order valence-electron chi connectivity index (χ3n) is 12.6. The van der Waals surface area contributed by atoms with E-state index in [1.54, 1.807) is 37.2 Å². The topological polar surface area (TPSA) is 191 Å². The van der Waals surface area contributed by atoms with E-state index in [-0.39, 0.29) is 0 Å². The van der Waals surface area contributed by atoms with Crippen molar-refractivity contribution in [3.8, 4) is 0 Å². The molecule has 68 heavy (non-hydrogen) atoms. The summed E-state index contributed by atoms with van der Waals surface area (Å²) in [5.74, 6) is 0. The van der Waals surface area contributed by atoms with Crippen molar-refractivity contribution >= 4 is 25.8 Å². The van der Waals surface area contributed by atoms with Crippen LogP contribution in [-0.4, -0.2) is 83.9 Å². The maximum Gasteiger partial charge on any atom is 0.466 e. The summed E-state index contributed by atoms with van der Waals surface area (Å²) in [5, 5.41) is 0.